The molecule has 1 aromatic heterocycles. The third kappa shape index (κ3) is 23.6. The maximum Gasteiger partial charge on any atom is 0.344 e. The maximum absolute atomic E-state index is 12.6. The van der Waals surface area contributed by atoms with Crippen LogP contribution in [0, 0.1) is 0 Å². The molecule has 5 aromatic carbocycles. The molecule has 0 aliphatic carbocycles. The van der Waals surface area contributed by atoms with Crippen LogP contribution >= 0.6 is 102 Å². The lowest BCUT2D eigenvalue weighted by Gasteiger charge is -2.21. The monoisotopic (exact) mass is 1450 g/mol. The van der Waals surface area contributed by atoms with E-state index in [9.17, 15) is 51.7 Å². The summed E-state index contributed by atoms with van der Waals surface area (Å²) in [4.78, 5) is 81.5. The Bertz CT molecular complexity index is 3410. The lowest BCUT2D eigenvalue weighted by atomic mass is 10.1. The van der Waals surface area contributed by atoms with Crippen LogP contribution in [0.2, 0.25) is 20.1 Å². The Balaban J connectivity index is 0.000000360. The fourth-order valence-corrected chi connectivity index (χ4v) is 11.4. The Morgan fingerprint density at radius 1 is 0.732 bits per heavy atom. The number of rotatable bonds is 20. The summed E-state index contributed by atoms with van der Waals surface area (Å²) < 4.78 is 54.0. The standard InChI is InChI=1S/C15H8Cl4N2O4.C12H11Br2NO2.C9H8BrNO3.C8H17O5P.C7H9NO3S/c16-9-7(8(15(24)25)10(17)12(19)11(9)18)14(23)21-6-4-2-1-3-5(6)13(20)22;13-7-4-5-8-9(2-1-3-11(16)17)12(14)15-10(8)6-7;10-7-3-1-6(2-4-7)9(14)11-5-8(12)13;1-4-7(8(9)10)14(11,12-5-2)13-6-3;8-7-3-1-6(2-4-7)5-12(9,10)11/h1-4H,(H2,20,22)(H,21,23)(H,24,25);4-6,15H,1-3H2,(H,16,17);1-4H,5H2,(H,11,14)(H,12,13);7H,4-6H2,1-3H3,(H,9,10);1-4H,5,8H2,(H,9,10,11). The molecular weight excluding hydrogens is 1400 g/mol. The first-order valence-electron chi connectivity index (χ1n) is 23.5. The Morgan fingerprint density at radius 3 is 1.77 bits per heavy atom. The summed E-state index contributed by atoms with van der Waals surface area (Å²) in [7, 11) is -7.42. The molecule has 1 heterocycles. The zero-order valence-electron chi connectivity index (χ0n) is 43.2. The molecule has 82 heavy (non-hydrogen) atoms. The summed E-state index contributed by atoms with van der Waals surface area (Å²) in [6, 6.07) is 24.9. The minimum atomic E-state index is -3.93. The maximum atomic E-state index is 12.6. The summed E-state index contributed by atoms with van der Waals surface area (Å²) >= 11 is 33.8. The second-order valence-corrected chi connectivity index (χ2v) is 24.0. The summed E-state index contributed by atoms with van der Waals surface area (Å²) in [5, 5.41) is 39.5. The second-order valence-electron chi connectivity index (χ2n) is 16.2. The normalized spacial score (nSPS) is 11.1. The van der Waals surface area contributed by atoms with Gasteiger partial charge in [-0.1, -0.05) is 116 Å². The minimum absolute atomic E-state index is 0.0232. The number of aromatic nitrogens is 1. The van der Waals surface area contributed by atoms with Gasteiger partial charge in [0.25, 0.3) is 27.8 Å². The number of benzene rings is 5. The van der Waals surface area contributed by atoms with Crippen LogP contribution in [0.5, 0.6) is 0 Å². The number of primary amides is 1. The predicted octanol–water partition coefficient (Wildman–Crippen LogP) is 12.5. The number of para-hydroxylation sites is 1. The number of nitrogens with one attached hydrogen (secondary N) is 3. The highest BCUT2D eigenvalue weighted by Crippen LogP contribution is 2.54. The van der Waals surface area contributed by atoms with Gasteiger partial charge < -0.3 is 56.6 Å². The van der Waals surface area contributed by atoms with Crippen LogP contribution in [-0.2, 0) is 50.3 Å². The molecule has 6 aromatic rings. The molecule has 444 valence electrons. The van der Waals surface area contributed by atoms with Crippen LogP contribution in [0.1, 0.15) is 92.6 Å². The van der Waals surface area contributed by atoms with Crippen molar-refractivity contribution in [3.63, 3.8) is 0 Å². The topological polar surface area (TPSA) is 382 Å². The van der Waals surface area contributed by atoms with Gasteiger partial charge in [-0.3, -0.25) is 37.9 Å². The summed E-state index contributed by atoms with van der Waals surface area (Å²) in [6.07, 6.45) is 1.84. The van der Waals surface area contributed by atoms with Crippen molar-refractivity contribution in [3.05, 3.63) is 158 Å². The van der Waals surface area contributed by atoms with Crippen LogP contribution in [0.15, 0.2) is 105 Å². The molecule has 31 heteroatoms. The first-order valence-corrected chi connectivity index (χ1v) is 30.6. The second kappa shape index (κ2) is 34.9. The van der Waals surface area contributed by atoms with Crippen molar-refractivity contribution in [2.45, 2.75) is 57.9 Å². The molecule has 0 aliphatic rings. The first kappa shape index (κ1) is 72.5. The first-order chi connectivity index (χ1) is 38.3. The summed E-state index contributed by atoms with van der Waals surface area (Å²) in [6.45, 7) is 4.95. The average molecular weight is 1450 g/mol. The minimum Gasteiger partial charge on any atom is -0.481 e. The number of carboxylic acids is 4. The molecule has 0 bridgehead atoms. The van der Waals surface area contributed by atoms with Crippen molar-refractivity contribution in [2.75, 3.05) is 30.8 Å². The lowest BCUT2D eigenvalue weighted by Crippen LogP contribution is -2.29. The Labute approximate surface area is 515 Å². The van der Waals surface area contributed by atoms with Crippen LogP contribution in [0.25, 0.3) is 10.9 Å². The largest absolute Gasteiger partial charge is 0.481 e. The van der Waals surface area contributed by atoms with Gasteiger partial charge in [-0.05, 0) is 121 Å². The van der Waals surface area contributed by atoms with Gasteiger partial charge in [0.1, 0.15) is 12.3 Å². The van der Waals surface area contributed by atoms with E-state index in [1.54, 1.807) is 81.4 Å². The van der Waals surface area contributed by atoms with E-state index in [1.165, 1.54) is 12.1 Å². The highest BCUT2D eigenvalue weighted by atomic mass is 79.9. The number of hydrogen-bond acceptors (Lipinski definition) is 13. The fraction of sp³-hybridized carbons (Fsp3) is 0.235. The van der Waals surface area contributed by atoms with Gasteiger partial charge in [0.15, 0.2) is 5.66 Å². The number of aromatic carboxylic acids is 1. The zero-order valence-corrected chi connectivity index (χ0v) is 52.7. The van der Waals surface area contributed by atoms with Gasteiger partial charge in [0, 0.05) is 37.5 Å². The van der Waals surface area contributed by atoms with E-state index >= 15 is 0 Å². The van der Waals surface area contributed by atoms with Crippen molar-refractivity contribution in [1.29, 1.82) is 0 Å². The Morgan fingerprint density at radius 2 is 1.28 bits per heavy atom. The molecule has 0 saturated carbocycles. The molecule has 0 fully saturated rings. The molecule has 1 unspecified atom stereocenters. The number of halogens is 7. The number of nitrogens with two attached hydrogens (primary N) is 2. The number of anilines is 2. The molecule has 0 spiro atoms. The summed E-state index contributed by atoms with van der Waals surface area (Å²) in [5.41, 5.74) is 12.2. The smallest absolute Gasteiger partial charge is 0.344 e. The number of aliphatic carboxylic acids is 3. The Kier molecular flexibility index (Phi) is 30.8. The number of fused-ring (bicyclic) bond motifs is 1. The molecule has 6 rings (SSSR count). The average Bonchev–Trinajstić information content (AvgIpc) is 3.70. The number of hydrogen-bond donors (Lipinski definition) is 10. The van der Waals surface area contributed by atoms with Crippen molar-refractivity contribution in [3.8, 4) is 0 Å². The number of nitrogen functional groups attached to an aromatic ring is 1. The van der Waals surface area contributed by atoms with Gasteiger partial charge in [-0.25, -0.2) is 4.79 Å². The third-order valence-corrected chi connectivity index (χ3v) is 17.1. The lowest BCUT2D eigenvalue weighted by molar-refractivity contribution is -0.138. The van der Waals surface area contributed by atoms with Gasteiger partial charge >= 0.3 is 31.5 Å². The van der Waals surface area contributed by atoms with Crippen LogP contribution in [0.3, 0.4) is 0 Å². The van der Waals surface area contributed by atoms with E-state index < -0.39 is 75.2 Å². The van der Waals surface area contributed by atoms with Gasteiger partial charge in [-0.15, -0.1) is 0 Å². The molecule has 0 radical (unpaired) electrons. The Hall–Kier alpha value is -5.61. The number of H-pyrrole nitrogens is 1. The molecular formula is C51H53Br3Cl4N5O17PS. The SMILES string of the molecule is CCOP(=O)(OCC)C(CC)C(=O)O.NC(=O)c1ccccc1NC(=O)c1c(Cl)c(Cl)c(Cl)c(Cl)c1C(=O)O.Nc1ccc(CS(=O)(=O)O)cc1.O=C(O)CCCc1c(Br)[nH]c2cc(Br)ccc12.O=C(O)CNC(=O)c1ccc(Br)cc1. The van der Waals surface area contributed by atoms with Crippen molar-refractivity contribution < 1.29 is 80.6 Å². The fourth-order valence-electron chi connectivity index (χ4n) is 6.69. The number of aryl methyl sites for hydroxylation is 1. The van der Waals surface area contributed by atoms with Crippen LogP contribution < -0.4 is 22.1 Å². The van der Waals surface area contributed by atoms with Gasteiger partial charge in [0.05, 0.1) is 60.3 Å². The molecule has 0 aliphatic heterocycles. The summed E-state index contributed by atoms with van der Waals surface area (Å²) in [5.74, 6) is -6.97. The van der Waals surface area contributed by atoms with E-state index in [1.807, 2.05) is 18.2 Å². The number of carboxylic acid groups (broad SMARTS) is 4. The quantitative estimate of drug-likeness (QED) is 0.0112. The van der Waals surface area contributed by atoms with Crippen molar-refractivity contribution >= 4 is 176 Å². The zero-order chi connectivity index (χ0) is 62.2. The highest BCUT2D eigenvalue weighted by molar-refractivity contribution is 9.11. The van der Waals surface area contributed by atoms with Crippen molar-refractivity contribution in [1.82, 2.24) is 10.3 Å². The molecule has 3 amide bonds. The van der Waals surface area contributed by atoms with Gasteiger partial charge in [0.2, 0.25) is 0 Å². The van der Waals surface area contributed by atoms with Crippen molar-refractivity contribution in [2.24, 2.45) is 5.73 Å². The predicted molar refractivity (Wildman–Crippen MR) is 323 cm³/mol. The van der Waals surface area contributed by atoms with Crippen LogP contribution in [0.4, 0.5) is 11.4 Å². The highest BCUT2D eigenvalue weighted by Gasteiger charge is 2.39. The van der Waals surface area contributed by atoms with E-state index in [-0.39, 0.29) is 70.6 Å². The van der Waals surface area contributed by atoms with E-state index in [0.717, 1.165) is 36.4 Å². The molecule has 0 saturated heterocycles. The van der Waals surface area contributed by atoms with Crippen LogP contribution in [-0.4, -0.2) is 105 Å². The molecule has 12 N–H and O–H groups in total. The van der Waals surface area contributed by atoms with Gasteiger partial charge in [-0.2, -0.15) is 8.42 Å². The number of aromatic amines is 1. The number of carbonyl (C=O) groups is 7. The molecule has 22 nitrogen and oxygen atoms in total. The van der Waals surface area contributed by atoms with E-state index in [2.05, 4.69) is 63.4 Å². The van der Waals surface area contributed by atoms with E-state index in [4.69, 9.17) is 86.8 Å². The molecule has 1 atom stereocenters. The number of amides is 3. The number of carbonyl (C=O) groups excluding carboxylic acids is 3. The third-order valence-electron chi connectivity index (χ3n) is 10.3. The van der Waals surface area contributed by atoms with E-state index in [0.29, 0.717) is 23.2 Å².